The van der Waals surface area contributed by atoms with E-state index in [0.717, 1.165) is 26.1 Å². The number of piperidine rings is 1. The van der Waals surface area contributed by atoms with E-state index in [2.05, 4.69) is 11.8 Å². The Kier molecular flexibility index (Phi) is 6.47. The van der Waals surface area contributed by atoms with E-state index in [1.807, 2.05) is 11.8 Å². The smallest absolute Gasteiger partial charge is 0.228 e. The number of benzene rings is 1. The molecule has 1 aromatic carbocycles. The lowest BCUT2D eigenvalue weighted by Gasteiger charge is -2.43. The molecular formula is C21H30FN3O2. The molecule has 0 spiro atoms. The highest BCUT2D eigenvalue weighted by atomic mass is 19.1. The van der Waals surface area contributed by atoms with E-state index in [4.69, 9.17) is 0 Å². The number of hydrogen-bond donors (Lipinski definition) is 0. The predicted octanol–water partition coefficient (Wildman–Crippen LogP) is 2.68. The molecule has 2 heterocycles. The van der Waals surface area contributed by atoms with E-state index in [9.17, 15) is 14.0 Å². The summed E-state index contributed by atoms with van der Waals surface area (Å²) in [6.07, 6.45) is 1.95. The van der Waals surface area contributed by atoms with E-state index < -0.39 is 6.04 Å². The molecule has 148 valence electrons. The van der Waals surface area contributed by atoms with E-state index >= 15 is 0 Å². The second-order valence-corrected chi connectivity index (χ2v) is 7.46. The Hall–Kier alpha value is -1.95. The minimum Gasteiger partial charge on any atom is -0.340 e. The average Bonchev–Trinajstić information content (AvgIpc) is 2.68. The van der Waals surface area contributed by atoms with Crippen molar-refractivity contribution in [1.29, 1.82) is 0 Å². The summed E-state index contributed by atoms with van der Waals surface area (Å²) in [6.45, 7) is 8.77. The van der Waals surface area contributed by atoms with Crippen LogP contribution < -0.4 is 0 Å². The van der Waals surface area contributed by atoms with Gasteiger partial charge < -0.3 is 9.80 Å². The van der Waals surface area contributed by atoms with Crippen molar-refractivity contribution in [3.63, 3.8) is 0 Å². The Balaban J connectivity index is 1.82. The van der Waals surface area contributed by atoms with Crippen LogP contribution in [0.5, 0.6) is 0 Å². The van der Waals surface area contributed by atoms with Crippen molar-refractivity contribution in [3.8, 4) is 0 Å². The largest absolute Gasteiger partial charge is 0.340 e. The first kappa shape index (κ1) is 19.8. The molecule has 2 aliphatic rings. The molecule has 0 unspecified atom stereocenters. The molecular weight excluding hydrogens is 345 g/mol. The summed E-state index contributed by atoms with van der Waals surface area (Å²) >= 11 is 0. The molecule has 5 nitrogen and oxygen atoms in total. The van der Waals surface area contributed by atoms with Crippen LogP contribution in [0.4, 0.5) is 4.39 Å². The predicted molar refractivity (Wildman–Crippen MR) is 103 cm³/mol. The fraction of sp³-hybridized carbons (Fsp3) is 0.619. The van der Waals surface area contributed by atoms with Gasteiger partial charge >= 0.3 is 0 Å². The second kappa shape index (κ2) is 8.83. The van der Waals surface area contributed by atoms with E-state index in [1.165, 1.54) is 6.07 Å². The number of amides is 2. The maximum atomic E-state index is 14.6. The average molecular weight is 375 g/mol. The molecule has 2 amide bonds. The van der Waals surface area contributed by atoms with Crippen molar-refractivity contribution in [2.24, 2.45) is 5.92 Å². The molecule has 0 aliphatic carbocycles. The third-order valence-corrected chi connectivity index (χ3v) is 5.81. The summed E-state index contributed by atoms with van der Waals surface area (Å²) in [5.74, 6) is -0.661. The van der Waals surface area contributed by atoms with Crippen LogP contribution in [0.1, 0.15) is 44.7 Å². The molecule has 1 aromatic rings. The van der Waals surface area contributed by atoms with Gasteiger partial charge in [0.05, 0.1) is 12.0 Å². The van der Waals surface area contributed by atoms with E-state index in [0.29, 0.717) is 38.0 Å². The fourth-order valence-electron chi connectivity index (χ4n) is 4.43. The molecule has 0 bridgehead atoms. The highest BCUT2D eigenvalue weighted by Crippen LogP contribution is 2.38. The lowest BCUT2D eigenvalue weighted by molar-refractivity contribution is -0.149. The molecule has 2 saturated heterocycles. The number of nitrogens with zero attached hydrogens (tertiary/aromatic N) is 3. The molecule has 3 rings (SSSR count). The minimum atomic E-state index is -0.515. The Morgan fingerprint density at radius 1 is 1.15 bits per heavy atom. The maximum Gasteiger partial charge on any atom is 0.228 e. The molecule has 27 heavy (non-hydrogen) atoms. The molecule has 2 fully saturated rings. The Morgan fingerprint density at radius 3 is 2.48 bits per heavy atom. The van der Waals surface area contributed by atoms with Gasteiger partial charge in [0.1, 0.15) is 5.82 Å². The third-order valence-electron chi connectivity index (χ3n) is 5.81. The van der Waals surface area contributed by atoms with Crippen LogP contribution in [0.3, 0.4) is 0 Å². The van der Waals surface area contributed by atoms with Gasteiger partial charge in [0.2, 0.25) is 11.8 Å². The Bertz CT molecular complexity index is 673. The normalized spacial score (nSPS) is 24.3. The zero-order valence-corrected chi connectivity index (χ0v) is 16.4. The van der Waals surface area contributed by atoms with Crippen molar-refractivity contribution in [1.82, 2.24) is 14.7 Å². The fourth-order valence-corrected chi connectivity index (χ4v) is 4.43. The molecule has 0 radical (unpaired) electrons. The number of halogens is 1. The van der Waals surface area contributed by atoms with Gasteiger partial charge in [0.25, 0.3) is 0 Å². The first-order valence-electron chi connectivity index (χ1n) is 10.1. The van der Waals surface area contributed by atoms with Crippen LogP contribution in [-0.4, -0.2) is 65.8 Å². The number of hydrogen-bond acceptors (Lipinski definition) is 3. The summed E-state index contributed by atoms with van der Waals surface area (Å²) in [5, 5.41) is 0. The van der Waals surface area contributed by atoms with Gasteiger partial charge in [-0.3, -0.25) is 14.5 Å². The van der Waals surface area contributed by atoms with E-state index in [-0.39, 0.29) is 23.5 Å². The molecule has 6 heteroatoms. The number of piperazine rings is 1. The van der Waals surface area contributed by atoms with Gasteiger partial charge in [-0.2, -0.15) is 0 Å². The zero-order chi connectivity index (χ0) is 19.4. The Morgan fingerprint density at radius 2 is 1.85 bits per heavy atom. The van der Waals surface area contributed by atoms with Crippen LogP contribution in [-0.2, 0) is 9.59 Å². The number of likely N-dealkylation sites (tertiary alicyclic amines) is 1. The van der Waals surface area contributed by atoms with Gasteiger partial charge in [-0.25, -0.2) is 4.39 Å². The molecule has 2 atom stereocenters. The van der Waals surface area contributed by atoms with Gasteiger partial charge in [-0.05, 0) is 32.4 Å². The second-order valence-electron chi connectivity index (χ2n) is 7.46. The van der Waals surface area contributed by atoms with Crippen molar-refractivity contribution in [3.05, 3.63) is 35.6 Å². The molecule has 0 saturated carbocycles. The zero-order valence-electron chi connectivity index (χ0n) is 16.4. The summed E-state index contributed by atoms with van der Waals surface area (Å²) in [6, 6.07) is 6.02. The highest BCUT2D eigenvalue weighted by Gasteiger charge is 2.42. The summed E-state index contributed by atoms with van der Waals surface area (Å²) in [4.78, 5) is 31.7. The standard InChI is InChI=1S/C21H30FN3O2/c1-3-11-23-12-14-24(15-13-23)21(27)17-9-10-19(26)25(4-2)20(17)16-7-5-6-8-18(16)22/h5-8,17,20H,3-4,9-15H2,1-2H3/t17-,20+/m1/s1. The molecule has 0 N–H and O–H groups in total. The summed E-state index contributed by atoms with van der Waals surface area (Å²) < 4.78 is 14.6. The van der Waals surface area contributed by atoms with Crippen molar-refractivity contribution in [2.75, 3.05) is 39.3 Å². The number of carbonyl (C=O) groups excluding carboxylic acids is 2. The molecule has 2 aliphatic heterocycles. The lowest BCUT2D eigenvalue weighted by Crippen LogP contribution is -2.54. The van der Waals surface area contributed by atoms with Crippen molar-refractivity contribution >= 4 is 11.8 Å². The van der Waals surface area contributed by atoms with E-state index in [1.54, 1.807) is 23.1 Å². The van der Waals surface area contributed by atoms with Crippen molar-refractivity contribution < 1.29 is 14.0 Å². The van der Waals surface area contributed by atoms with Crippen LogP contribution in [0.25, 0.3) is 0 Å². The Labute approximate surface area is 161 Å². The topological polar surface area (TPSA) is 43.9 Å². The summed E-state index contributed by atoms with van der Waals surface area (Å²) in [5.41, 5.74) is 0.454. The SMILES string of the molecule is CCCN1CCN(C(=O)[C@@H]2CCC(=O)N(CC)[C@H]2c2ccccc2F)CC1. The van der Waals surface area contributed by atoms with Gasteiger partial charge in [-0.1, -0.05) is 25.1 Å². The first-order chi connectivity index (χ1) is 13.1. The third kappa shape index (κ3) is 4.15. The van der Waals surface area contributed by atoms with Crippen LogP contribution in [0.15, 0.2) is 24.3 Å². The van der Waals surface area contributed by atoms with Crippen LogP contribution in [0, 0.1) is 11.7 Å². The van der Waals surface area contributed by atoms with Crippen LogP contribution >= 0.6 is 0 Å². The quantitative estimate of drug-likeness (QED) is 0.795. The maximum absolute atomic E-state index is 14.6. The number of rotatable bonds is 5. The van der Waals surface area contributed by atoms with Gasteiger partial charge in [0, 0.05) is 44.7 Å². The summed E-state index contributed by atoms with van der Waals surface area (Å²) in [7, 11) is 0. The van der Waals surface area contributed by atoms with Crippen LogP contribution in [0.2, 0.25) is 0 Å². The lowest BCUT2D eigenvalue weighted by atomic mass is 9.83. The van der Waals surface area contributed by atoms with Gasteiger partial charge in [0.15, 0.2) is 0 Å². The minimum absolute atomic E-state index is 0.00238. The van der Waals surface area contributed by atoms with Crippen molar-refractivity contribution in [2.45, 2.75) is 39.2 Å². The molecule has 0 aromatic heterocycles. The first-order valence-corrected chi connectivity index (χ1v) is 10.1. The highest BCUT2D eigenvalue weighted by molar-refractivity contribution is 5.85. The monoisotopic (exact) mass is 375 g/mol. The van der Waals surface area contributed by atoms with Gasteiger partial charge in [-0.15, -0.1) is 0 Å². The number of carbonyl (C=O) groups is 2.